The monoisotopic (exact) mass is 203 g/mol. The first kappa shape index (κ1) is 10.4. The van der Waals surface area contributed by atoms with Crippen molar-refractivity contribution in [2.75, 3.05) is 6.54 Å². The summed E-state index contributed by atoms with van der Waals surface area (Å²) < 4.78 is 0. The molecule has 0 bridgehead atoms. The molecule has 2 rings (SSSR count). The molecule has 1 heterocycles. The number of Topliss-reactive ketones (excluding diaryl/α,β-unsaturated/α-hetero) is 1. The van der Waals surface area contributed by atoms with E-state index in [1.54, 1.807) is 0 Å². The van der Waals surface area contributed by atoms with Crippen molar-refractivity contribution < 1.29 is 4.79 Å². The van der Waals surface area contributed by atoms with Gasteiger partial charge >= 0.3 is 0 Å². The van der Waals surface area contributed by atoms with E-state index in [0.717, 1.165) is 6.42 Å². The molecule has 0 radical (unpaired) electrons. The molecule has 2 nitrogen and oxygen atoms in total. The molecule has 2 heteroatoms. The smallest absolute Gasteiger partial charge is 0.148 e. The first-order chi connectivity index (χ1) is 7.13. The maximum absolute atomic E-state index is 11.1. The van der Waals surface area contributed by atoms with Crippen LogP contribution in [-0.4, -0.2) is 18.4 Å². The summed E-state index contributed by atoms with van der Waals surface area (Å²) in [6.07, 6.45) is 1.65. The highest BCUT2D eigenvalue weighted by molar-refractivity contribution is 5.83. The van der Waals surface area contributed by atoms with Crippen molar-refractivity contribution in [1.82, 2.24) is 5.32 Å². The predicted octanol–water partition coefficient (Wildman–Crippen LogP) is 1.78. The maximum Gasteiger partial charge on any atom is 0.148 e. The van der Waals surface area contributed by atoms with Gasteiger partial charge in [0.1, 0.15) is 5.78 Å². The highest BCUT2D eigenvalue weighted by Gasteiger charge is 2.21. The third kappa shape index (κ3) is 2.66. The molecule has 1 unspecified atom stereocenters. The van der Waals surface area contributed by atoms with Crippen molar-refractivity contribution in [3.8, 4) is 0 Å². The molecule has 80 valence electrons. The lowest BCUT2D eigenvalue weighted by Crippen LogP contribution is -2.23. The molecular formula is C13H17NO. The van der Waals surface area contributed by atoms with E-state index in [0.29, 0.717) is 24.8 Å². The van der Waals surface area contributed by atoms with Gasteiger partial charge in [0.15, 0.2) is 0 Å². The van der Waals surface area contributed by atoms with Crippen LogP contribution < -0.4 is 5.32 Å². The Kier molecular flexibility index (Phi) is 2.87. The van der Waals surface area contributed by atoms with E-state index in [1.165, 1.54) is 16.7 Å². The summed E-state index contributed by atoms with van der Waals surface area (Å²) in [5.74, 6) is 0.337. The van der Waals surface area contributed by atoms with E-state index in [4.69, 9.17) is 0 Å². The van der Waals surface area contributed by atoms with Crippen LogP contribution >= 0.6 is 0 Å². The van der Waals surface area contributed by atoms with Gasteiger partial charge in [-0.1, -0.05) is 29.3 Å². The van der Waals surface area contributed by atoms with Gasteiger partial charge in [-0.3, -0.25) is 4.79 Å². The number of carbonyl (C=O) groups excluding carboxylic acids is 1. The average molecular weight is 203 g/mol. The number of hydrogen-bond acceptors (Lipinski definition) is 2. The van der Waals surface area contributed by atoms with E-state index in [1.807, 2.05) is 0 Å². The normalized spacial score (nSPS) is 20.9. The minimum Gasteiger partial charge on any atom is -0.306 e. The molecule has 1 saturated heterocycles. The molecule has 1 aliphatic rings. The fourth-order valence-electron chi connectivity index (χ4n) is 2.29. The summed E-state index contributed by atoms with van der Waals surface area (Å²) in [6, 6.07) is 6.93. The highest BCUT2D eigenvalue weighted by Crippen LogP contribution is 2.14. The molecule has 0 spiro atoms. The van der Waals surface area contributed by atoms with Crippen molar-refractivity contribution in [3.05, 3.63) is 34.9 Å². The first-order valence-electron chi connectivity index (χ1n) is 5.46. The molecule has 0 aliphatic carbocycles. The van der Waals surface area contributed by atoms with Gasteiger partial charge in [-0.2, -0.15) is 0 Å². The Morgan fingerprint density at radius 2 is 1.93 bits per heavy atom. The highest BCUT2D eigenvalue weighted by atomic mass is 16.1. The molecule has 1 fully saturated rings. The number of rotatable bonds is 2. The zero-order chi connectivity index (χ0) is 10.8. The molecular weight excluding hydrogens is 186 g/mol. The van der Waals surface area contributed by atoms with Crippen LogP contribution in [-0.2, 0) is 11.2 Å². The van der Waals surface area contributed by atoms with Crippen molar-refractivity contribution >= 4 is 5.78 Å². The van der Waals surface area contributed by atoms with E-state index in [-0.39, 0.29) is 0 Å². The minimum absolute atomic E-state index is 0.337. The van der Waals surface area contributed by atoms with Crippen LogP contribution in [0.2, 0.25) is 0 Å². The maximum atomic E-state index is 11.1. The van der Waals surface area contributed by atoms with Gasteiger partial charge in [-0.15, -0.1) is 0 Å². The van der Waals surface area contributed by atoms with Crippen LogP contribution in [0.4, 0.5) is 0 Å². The zero-order valence-corrected chi connectivity index (χ0v) is 9.34. The summed E-state index contributed by atoms with van der Waals surface area (Å²) in [7, 11) is 0. The van der Waals surface area contributed by atoms with Gasteiger partial charge in [0, 0.05) is 12.5 Å². The zero-order valence-electron chi connectivity index (χ0n) is 9.34. The molecule has 0 amide bonds. The average Bonchev–Trinajstić information content (AvgIpc) is 2.49. The van der Waals surface area contributed by atoms with E-state index < -0.39 is 0 Å². The Morgan fingerprint density at radius 3 is 2.47 bits per heavy atom. The molecule has 1 aromatic rings. The second-order valence-electron chi connectivity index (χ2n) is 4.52. The Morgan fingerprint density at radius 1 is 1.27 bits per heavy atom. The summed E-state index contributed by atoms with van der Waals surface area (Å²) in [5, 5.41) is 3.24. The van der Waals surface area contributed by atoms with Crippen molar-refractivity contribution in [2.45, 2.75) is 32.7 Å². The number of nitrogens with one attached hydrogen (secondary N) is 1. The van der Waals surface area contributed by atoms with Crippen LogP contribution in [0.25, 0.3) is 0 Å². The van der Waals surface area contributed by atoms with Crippen LogP contribution in [0.5, 0.6) is 0 Å². The Balaban J connectivity index is 2.07. The molecule has 1 aromatic carbocycles. The predicted molar refractivity (Wildman–Crippen MR) is 61.0 cm³/mol. The van der Waals surface area contributed by atoms with Gasteiger partial charge in [-0.05, 0) is 25.8 Å². The van der Waals surface area contributed by atoms with Gasteiger partial charge < -0.3 is 5.32 Å². The molecule has 0 aromatic heterocycles. The number of hydrogen-bond donors (Lipinski definition) is 1. The van der Waals surface area contributed by atoms with E-state index in [9.17, 15) is 4.79 Å². The lowest BCUT2D eigenvalue weighted by molar-refractivity contribution is -0.116. The summed E-state index contributed by atoms with van der Waals surface area (Å²) >= 11 is 0. The third-order valence-corrected chi connectivity index (χ3v) is 2.83. The lowest BCUT2D eigenvalue weighted by Gasteiger charge is -2.10. The topological polar surface area (TPSA) is 29.1 Å². The second-order valence-corrected chi connectivity index (χ2v) is 4.52. The molecule has 0 saturated carbocycles. The van der Waals surface area contributed by atoms with Crippen LogP contribution in [0, 0.1) is 13.8 Å². The summed E-state index contributed by atoms with van der Waals surface area (Å²) in [6.45, 7) is 4.78. The van der Waals surface area contributed by atoms with E-state index in [2.05, 4.69) is 37.4 Å². The van der Waals surface area contributed by atoms with Crippen molar-refractivity contribution in [2.24, 2.45) is 0 Å². The third-order valence-electron chi connectivity index (χ3n) is 2.83. The molecule has 1 aliphatic heterocycles. The SMILES string of the molecule is Cc1cc(C)cc(CC2CC(=O)CN2)c1. The van der Waals surface area contributed by atoms with Crippen LogP contribution in [0.1, 0.15) is 23.1 Å². The van der Waals surface area contributed by atoms with Crippen LogP contribution in [0.15, 0.2) is 18.2 Å². The van der Waals surface area contributed by atoms with E-state index >= 15 is 0 Å². The van der Waals surface area contributed by atoms with Gasteiger partial charge in [0.2, 0.25) is 0 Å². The van der Waals surface area contributed by atoms with Gasteiger partial charge in [0.05, 0.1) is 6.54 Å². The number of aryl methyl sites for hydroxylation is 2. The Bertz CT molecular complexity index is 364. The second kappa shape index (κ2) is 4.15. The Labute approximate surface area is 90.7 Å². The van der Waals surface area contributed by atoms with Gasteiger partial charge in [0.25, 0.3) is 0 Å². The molecule has 1 N–H and O–H groups in total. The number of benzene rings is 1. The lowest BCUT2D eigenvalue weighted by atomic mass is 10.0. The molecule has 1 atom stereocenters. The minimum atomic E-state index is 0.337. The first-order valence-corrected chi connectivity index (χ1v) is 5.46. The fraction of sp³-hybridized carbons (Fsp3) is 0.462. The number of carbonyl (C=O) groups is 1. The van der Waals surface area contributed by atoms with Crippen LogP contribution in [0.3, 0.4) is 0 Å². The Hall–Kier alpha value is -1.15. The largest absolute Gasteiger partial charge is 0.306 e. The number of ketones is 1. The standard InChI is InChI=1S/C13H17NO/c1-9-3-10(2)5-11(4-9)6-12-7-13(15)8-14-12/h3-5,12,14H,6-8H2,1-2H3. The van der Waals surface area contributed by atoms with Gasteiger partial charge in [-0.25, -0.2) is 0 Å². The summed E-state index contributed by atoms with van der Waals surface area (Å²) in [4.78, 5) is 11.1. The fourth-order valence-corrected chi connectivity index (χ4v) is 2.29. The van der Waals surface area contributed by atoms with Crippen molar-refractivity contribution in [3.63, 3.8) is 0 Å². The van der Waals surface area contributed by atoms with Crippen molar-refractivity contribution in [1.29, 1.82) is 0 Å². The quantitative estimate of drug-likeness (QED) is 0.793. The summed E-state index contributed by atoms with van der Waals surface area (Å²) in [5.41, 5.74) is 3.93. The molecule has 15 heavy (non-hydrogen) atoms.